The Morgan fingerprint density at radius 2 is 1.37 bits per heavy atom. The first kappa shape index (κ1) is 30.9. The summed E-state index contributed by atoms with van der Waals surface area (Å²) in [6, 6.07) is 6.75. The Morgan fingerprint density at radius 1 is 0.780 bits per heavy atom. The average molecular weight is 583 g/mol. The number of aromatic hydroxyl groups is 1. The number of ether oxygens (including phenoxy) is 7. The third-order valence-electron chi connectivity index (χ3n) is 7.63. The molecule has 41 heavy (non-hydrogen) atoms. The summed E-state index contributed by atoms with van der Waals surface area (Å²) in [6.45, 7) is -0.416. The molecule has 6 N–H and O–H groups in total. The number of hydrogen-bond acceptors (Lipinski definition) is 13. The van der Waals surface area contributed by atoms with E-state index in [1.54, 1.807) is 24.3 Å². The molecule has 2 aliphatic heterocycles. The van der Waals surface area contributed by atoms with Crippen molar-refractivity contribution in [3.05, 3.63) is 35.4 Å². The summed E-state index contributed by atoms with van der Waals surface area (Å²) < 4.78 is 39.1. The van der Waals surface area contributed by atoms with Crippen LogP contribution in [0.25, 0.3) is 0 Å². The minimum Gasteiger partial charge on any atom is -0.502 e. The van der Waals surface area contributed by atoms with Gasteiger partial charge in [-0.1, -0.05) is 0 Å². The highest BCUT2D eigenvalue weighted by atomic mass is 16.7. The molecule has 13 heteroatoms. The Morgan fingerprint density at radius 3 is 1.88 bits per heavy atom. The van der Waals surface area contributed by atoms with E-state index in [-0.39, 0.29) is 52.9 Å². The van der Waals surface area contributed by atoms with Gasteiger partial charge in [-0.15, -0.1) is 0 Å². The van der Waals surface area contributed by atoms with Gasteiger partial charge in [0.05, 0.1) is 47.8 Å². The normalized spacial score (nSPS) is 29.7. The summed E-state index contributed by atoms with van der Waals surface area (Å²) in [5.74, 6) is 0.517. The van der Waals surface area contributed by atoms with Crippen LogP contribution in [0.4, 0.5) is 0 Å². The second-order valence-corrected chi connectivity index (χ2v) is 9.98. The van der Waals surface area contributed by atoms with Crippen LogP contribution in [0.1, 0.15) is 17.2 Å². The van der Waals surface area contributed by atoms with Crippen molar-refractivity contribution in [2.24, 2.45) is 11.8 Å². The van der Waals surface area contributed by atoms with Crippen molar-refractivity contribution in [1.82, 2.24) is 0 Å². The van der Waals surface area contributed by atoms with E-state index in [0.717, 1.165) is 5.56 Å². The van der Waals surface area contributed by atoms with Crippen molar-refractivity contribution in [3.8, 4) is 34.5 Å². The quantitative estimate of drug-likeness (QED) is 0.210. The summed E-state index contributed by atoms with van der Waals surface area (Å²) in [7, 11) is 5.72. The highest BCUT2D eigenvalue weighted by molar-refractivity contribution is 5.55. The van der Waals surface area contributed by atoms with Gasteiger partial charge in [0.25, 0.3) is 0 Å². The number of phenols is 1. The van der Waals surface area contributed by atoms with Crippen LogP contribution >= 0.6 is 0 Å². The fourth-order valence-corrected chi connectivity index (χ4v) is 5.35. The molecule has 0 amide bonds. The van der Waals surface area contributed by atoms with Crippen LogP contribution in [0.15, 0.2) is 24.3 Å². The zero-order valence-corrected chi connectivity index (χ0v) is 23.3. The van der Waals surface area contributed by atoms with E-state index < -0.39 is 43.4 Å². The highest BCUT2D eigenvalue weighted by Gasteiger charge is 2.45. The predicted molar refractivity (Wildman–Crippen MR) is 142 cm³/mol. The number of aliphatic hydroxyl groups excluding tert-OH is 5. The van der Waals surface area contributed by atoms with Crippen LogP contribution in [0, 0.1) is 11.8 Å². The molecule has 2 aromatic rings. The van der Waals surface area contributed by atoms with Gasteiger partial charge in [0, 0.05) is 12.5 Å². The summed E-state index contributed by atoms with van der Waals surface area (Å²) in [4.78, 5) is 0. The summed E-state index contributed by atoms with van der Waals surface area (Å²) in [5.41, 5.74) is 1.48. The van der Waals surface area contributed by atoms with Crippen LogP contribution in [-0.4, -0.2) is 110 Å². The van der Waals surface area contributed by atoms with Gasteiger partial charge in [-0.2, -0.15) is 0 Å². The maximum atomic E-state index is 10.4. The molecule has 2 fully saturated rings. The first-order valence-corrected chi connectivity index (χ1v) is 13.1. The molecule has 8 atom stereocenters. The number of rotatable bonds is 11. The Balaban J connectivity index is 1.57. The molecule has 0 unspecified atom stereocenters. The second kappa shape index (κ2) is 13.3. The first-order chi connectivity index (χ1) is 19.7. The average Bonchev–Trinajstić information content (AvgIpc) is 3.39. The van der Waals surface area contributed by atoms with E-state index in [0.29, 0.717) is 18.6 Å². The molecule has 0 bridgehead atoms. The van der Waals surface area contributed by atoms with Gasteiger partial charge >= 0.3 is 0 Å². The van der Waals surface area contributed by atoms with Gasteiger partial charge in [-0.05, 0) is 47.7 Å². The van der Waals surface area contributed by atoms with Crippen molar-refractivity contribution < 1.29 is 63.8 Å². The largest absolute Gasteiger partial charge is 0.502 e. The molecule has 13 nitrogen and oxygen atoms in total. The van der Waals surface area contributed by atoms with Crippen LogP contribution < -0.4 is 23.7 Å². The lowest BCUT2D eigenvalue weighted by Crippen LogP contribution is -2.60. The van der Waals surface area contributed by atoms with Crippen molar-refractivity contribution in [2.45, 2.75) is 43.2 Å². The summed E-state index contributed by atoms with van der Waals surface area (Å²) in [6.07, 6.45) is -7.33. The van der Waals surface area contributed by atoms with E-state index in [1.807, 2.05) is 0 Å². The topological polar surface area (TPSA) is 186 Å². The molecule has 2 heterocycles. The smallest absolute Gasteiger partial charge is 0.229 e. The fourth-order valence-electron chi connectivity index (χ4n) is 5.35. The lowest BCUT2D eigenvalue weighted by atomic mass is 9.84. The van der Waals surface area contributed by atoms with Crippen molar-refractivity contribution in [1.29, 1.82) is 0 Å². The zero-order chi connectivity index (χ0) is 29.8. The molecule has 2 aliphatic rings. The minimum absolute atomic E-state index is 0.0885. The molecule has 4 rings (SSSR count). The van der Waals surface area contributed by atoms with E-state index in [9.17, 15) is 30.6 Å². The lowest BCUT2D eigenvalue weighted by Gasteiger charge is -2.39. The third kappa shape index (κ3) is 6.11. The molecule has 0 radical (unpaired) electrons. The van der Waals surface area contributed by atoms with Gasteiger partial charge < -0.3 is 63.8 Å². The standard InChI is InChI=1S/C28H38O13/c1-35-17-8-14(9-18(36-2)22(17)31)26-16(10-29)15(12-39-26)5-13-6-19(37-3)27(20(7-13)38-4)41-28-25(34)24(33)23(32)21(11-30)40-28/h6-9,15-16,21,23-26,28-34H,5,10-12H2,1-4H3/t15-,16-,21-,23-,24+,25-,26+,28+/m0/s1. The second-order valence-electron chi connectivity index (χ2n) is 9.98. The first-order valence-electron chi connectivity index (χ1n) is 13.1. The molecule has 0 saturated carbocycles. The Hall–Kier alpha value is -3.04. The maximum absolute atomic E-state index is 10.4. The predicted octanol–water partition coefficient (Wildman–Crippen LogP) is 0.144. The Labute approximate surface area is 237 Å². The van der Waals surface area contributed by atoms with E-state index >= 15 is 0 Å². The van der Waals surface area contributed by atoms with Crippen molar-refractivity contribution in [3.63, 3.8) is 0 Å². The van der Waals surface area contributed by atoms with Gasteiger partial charge in [-0.3, -0.25) is 0 Å². The lowest BCUT2D eigenvalue weighted by molar-refractivity contribution is -0.277. The molecule has 0 aromatic heterocycles. The van der Waals surface area contributed by atoms with Crippen LogP contribution in [-0.2, 0) is 15.9 Å². The van der Waals surface area contributed by atoms with Gasteiger partial charge in [0.15, 0.2) is 23.0 Å². The van der Waals surface area contributed by atoms with E-state index in [4.69, 9.17) is 33.2 Å². The van der Waals surface area contributed by atoms with Crippen molar-refractivity contribution in [2.75, 3.05) is 48.3 Å². The van der Waals surface area contributed by atoms with Crippen molar-refractivity contribution >= 4 is 0 Å². The fraction of sp³-hybridized carbons (Fsp3) is 0.571. The van der Waals surface area contributed by atoms with Crippen LogP contribution in [0.2, 0.25) is 0 Å². The molecule has 2 saturated heterocycles. The monoisotopic (exact) mass is 582 g/mol. The molecule has 0 spiro atoms. The van der Waals surface area contributed by atoms with Crippen LogP contribution in [0.5, 0.6) is 34.5 Å². The van der Waals surface area contributed by atoms with E-state index in [2.05, 4.69) is 0 Å². The van der Waals surface area contributed by atoms with Gasteiger partial charge in [0.1, 0.15) is 24.4 Å². The highest BCUT2D eigenvalue weighted by Crippen LogP contribution is 2.46. The molecular weight excluding hydrogens is 544 g/mol. The van der Waals surface area contributed by atoms with Gasteiger partial charge in [0.2, 0.25) is 17.8 Å². The number of benzene rings is 2. The Kier molecular flexibility index (Phi) is 10.0. The Bertz CT molecular complexity index is 1120. The third-order valence-corrected chi connectivity index (χ3v) is 7.63. The number of hydrogen-bond donors (Lipinski definition) is 6. The summed E-state index contributed by atoms with van der Waals surface area (Å²) >= 11 is 0. The molecule has 0 aliphatic carbocycles. The van der Waals surface area contributed by atoms with Crippen LogP contribution in [0.3, 0.4) is 0 Å². The molecular formula is C28H38O13. The maximum Gasteiger partial charge on any atom is 0.229 e. The number of aliphatic hydroxyl groups is 5. The minimum atomic E-state index is -1.61. The molecule has 2 aromatic carbocycles. The van der Waals surface area contributed by atoms with Gasteiger partial charge in [-0.25, -0.2) is 0 Å². The van der Waals surface area contributed by atoms with E-state index in [1.165, 1.54) is 28.4 Å². The summed E-state index contributed by atoms with van der Waals surface area (Å²) in [5, 5.41) is 60.7. The number of methoxy groups -OCH3 is 4. The zero-order valence-electron chi connectivity index (χ0n) is 23.3. The SMILES string of the molecule is COc1cc([C@H]2OC[C@H](Cc3cc(OC)c(O[C@H]4O[C@@H](CO)[C@H](O)[C@@H](O)[C@@H]4O)c(OC)c3)[C@@H]2CO)cc(OC)c1O. The molecule has 228 valence electrons. The number of phenolic OH excluding ortho intramolecular Hbond substituents is 1.